The maximum absolute atomic E-state index is 13.0. The molecule has 0 fully saturated rings. The molecule has 2 aromatic heterocycles. The summed E-state index contributed by atoms with van der Waals surface area (Å²) in [5.41, 5.74) is 4.78. The predicted octanol–water partition coefficient (Wildman–Crippen LogP) is 5.11. The van der Waals surface area contributed by atoms with Crippen molar-refractivity contribution in [3.63, 3.8) is 0 Å². The number of nitrogens with zero attached hydrogens (tertiary/aromatic N) is 4. The number of sulfonamides is 1. The SMILES string of the molecule is COc1cc(C)c(S(=O)(=O)Nc2ccc(Oc3cc(-n4nc(C)c(C)c4C)nc(C)n3)cc2)cc1C. The van der Waals surface area contributed by atoms with E-state index in [0.717, 1.165) is 22.5 Å². The fourth-order valence-corrected chi connectivity index (χ4v) is 5.20. The van der Waals surface area contributed by atoms with E-state index in [-0.39, 0.29) is 4.90 Å². The summed E-state index contributed by atoms with van der Waals surface area (Å²) in [5.74, 6) is 2.66. The lowest BCUT2D eigenvalue weighted by Crippen LogP contribution is -2.14. The zero-order valence-electron chi connectivity index (χ0n) is 21.4. The number of methoxy groups -OCH3 is 1. The normalized spacial score (nSPS) is 11.4. The highest BCUT2D eigenvalue weighted by atomic mass is 32.2. The first kappa shape index (κ1) is 25.2. The molecule has 2 heterocycles. The highest BCUT2D eigenvalue weighted by molar-refractivity contribution is 7.92. The first-order valence-electron chi connectivity index (χ1n) is 11.3. The molecule has 0 aliphatic heterocycles. The molecule has 188 valence electrons. The molecule has 0 spiro atoms. The van der Waals surface area contributed by atoms with Crippen LogP contribution in [0.2, 0.25) is 0 Å². The smallest absolute Gasteiger partial charge is 0.262 e. The van der Waals surface area contributed by atoms with E-state index in [0.29, 0.717) is 40.3 Å². The topological polar surface area (TPSA) is 108 Å². The second kappa shape index (κ2) is 9.62. The van der Waals surface area contributed by atoms with Crippen molar-refractivity contribution in [3.05, 3.63) is 76.4 Å². The second-order valence-electron chi connectivity index (χ2n) is 8.64. The Morgan fingerprint density at radius 2 is 1.58 bits per heavy atom. The molecular weight excluding hydrogens is 478 g/mol. The van der Waals surface area contributed by atoms with Crippen LogP contribution in [0.15, 0.2) is 47.4 Å². The van der Waals surface area contributed by atoms with Crippen LogP contribution in [0.3, 0.4) is 0 Å². The van der Waals surface area contributed by atoms with Crippen LogP contribution in [0, 0.1) is 41.5 Å². The summed E-state index contributed by atoms with van der Waals surface area (Å²) in [6, 6.07) is 11.7. The number of hydrogen-bond acceptors (Lipinski definition) is 7. The van der Waals surface area contributed by atoms with Gasteiger partial charge in [0, 0.05) is 17.4 Å². The minimum Gasteiger partial charge on any atom is -0.496 e. The summed E-state index contributed by atoms with van der Waals surface area (Å²) in [7, 11) is -2.23. The van der Waals surface area contributed by atoms with Gasteiger partial charge in [-0.15, -0.1) is 0 Å². The largest absolute Gasteiger partial charge is 0.496 e. The van der Waals surface area contributed by atoms with Crippen molar-refractivity contribution in [1.29, 1.82) is 0 Å². The predicted molar refractivity (Wildman–Crippen MR) is 138 cm³/mol. The second-order valence-corrected chi connectivity index (χ2v) is 10.3. The van der Waals surface area contributed by atoms with Gasteiger partial charge >= 0.3 is 0 Å². The quantitative estimate of drug-likeness (QED) is 0.370. The molecule has 0 bridgehead atoms. The maximum atomic E-state index is 13.0. The monoisotopic (exact) mass is 507 g/mol. The summed E-state index contributed by atoms with van der Waals surface area (Å²) in [4.78, 5) is 9.06. The summed E-state index contributed by atoms with van der Waals surface area (Å²) in [5, 5.41) is 4.56. The average molecular weight is 508 g/mol. The number of benzene rings is 2. The van der Waals surface area contributed by atoms with Gasteiger partial charge in [0.1, 0.15) is 17.3 Å². The van der Waals surface area contributed by atoms with E-state index in [9.17, 15) is 8.42 Å². The Bertz CT molecular complexity index is 1540. The summed E-state index contributed by atoms with van der Waals surface area (Å²) < 4.78 is 41.6. The van der Waals surface area contributed by atoms with Crippen LogP contribution in [0.1, 0.15) is 33.9 Å². The van der Waals surface area contributed by atoms with Crippen molar-refractivity contribution in [3.8, 4) is 23.2 Å². The molecule has 9 nitrogen and oxygen atoms in total. The third kappa shape index (κ3) is 5.03. The van der Waals surface area contributed by atoms with Gasteiger partial charge in [0.05, 0.1) is 17.7 Å². The molecule has 0 saturated carbocycles. The van der Waals surface area contributed by atoms with Crippen LogP contribution in [0.25, 0.3) is 5.82 Å². The van der Waals surface area contributed by atoms with Crippen LogP contribution in [-0.4, -0.2) is 35.3 Å². The van der Waals surface area contributed by atoms with Gasteiger partial charge in [0.2, 0.25) is 5.88 Å². The van der Waals surface area contributed by atoms with E-state index in [2.05, 4.69) is 19.8 Å². The molecule has 4 rings (SSSR count). The molecule has 0 atom stereocenters. The number of aromatic nitrogens is 4. The number of nitrogens with one attached hydrogen (secondary N) is 1. The van der Waals surface area contributed by atoms with Crippen molar-refractivity contribution in [1.82, 2.24) is 19.7 Å². The number of anilines is 1. The van der Waals surface area contributed by atoms with Crippen molar-refractivity contribution in [2.75, 3.05) is 11.8 Å². The van der Waals surface area contributed by atoms with Crippen molar-refractivity contribution >= 4 is 15.7 Å². The molecule has 0 unspecified atom stereocenters. The first-order chi connectivity index (χ1) is 17.0. The Morgan fingerprint density at radius 3 is 2.19 bits per heavy atom. The first-order valence-corrected chi connectivity index (χ1v) is 12.8. The summed E-state index contributed by atoms with van der Waals surface area (Å²) >= 11 is 0. The van der Waals surface area contributed by atoms with E-state index >= 15 is 0 Å². The van der Waals surface area contributed by atoms with Crippen molar-refractivity contribution in [2.24, 2.45) is 0 Å². The zero-order valence-corrected chi connectivity index (χ0v) is 22.2. The van der Waals surface area contributed by atoms with Gasteiger partial charge in [0.25, 0.3) is 10.0 Å². The molecule has 4 aromatic rings. The lowest BCUT2D eigenvalue weighted by Gasteiger charge is -2.14. The molecule has 2 aromatic carbocycles. The van der Waals surface area contributed by atoms with Crippen molar-refractivity contribution < 1.29 is 17.9 Å². The third-order valence-corrected chi connectivity index (χ3v) is 7.51. The standard InChI is InChI=1S/C26H29N5O4S/c1-15-13-24(16(2)12-23(15)34-7)36(32,33)30-21-8-10-22(11-9-21)35-26-14-25(27-20(6)28-26)31-19(5)17(3)18(4)29-31/h8-14,30H,1-7H3. The molecule has 10 heteroatoms. The fraction of sp³-hybridized carbons (Fsp3) is 0.269. The Morgan fingerprint density at radius 1 is 0.889 bits per heavy atom. The van der Waals surface area contributed by atoms with Gasteiger partial charge in [-0.05, 0) is 94.6 Å². The molecular formula is C26H29N5O4S. The van der Waals surface area contributed by atoms with Crippen molar-refractivity contribution in [2.45, 2.75) is 46.4 Å². The van der Waals surface area contributed by atoms with Gasteiger partial charge in [-0.2, -0.15) is 10.1 Å². The summed E-state index contributed by atoms with van der Waals surface area (Å²) in [6.45, 7) is 11.3. The summed E-state index contributed by atoms with van der Waals surface area (Å²) in [6.07, 6.45) is 0. The Kier molecular flexibility index (Phi) is 6.73. The molecule has 0 saturated heterocycles. The fourth-order valence-electron chi connectivity index (χ4n) is 3.82. The lowest BCUT2D eigenvalue weighted by atomic mass is 10.1. The molecule has 0 radical (unpaired) electrons. The highest BCUT2D eigenvalue weighted by Gasteiger charge is 2.19. The highest BCUT2D eigenvalue weighted by Crippen LogP contribution is 2.28. The Balaban J connectivity index is 1.54. The molecule has 36 heavy (non-hydrogen) atoms. The van der Waals surface area contributed by atoms with E-state index in [1.807, 2.05) is 20.8 Å². The minimum atomic E-state index is -3.79. The van der Waals surface area contributed by atoms with Gasteiger partial charge in [-0.25, -0.2) is 18.1 Å². The third-order valence-electron chi connectivity index (χ3n) is 5.98. The number of aryl methyl sites for hydroxylation is 4. The van der Waals surface area contributed by atoms with Gasteiger partial charge in [-0.3, -0.25) is 4.72 Å². The minimum absolute atomic E-state index is 0.199. The van der Waals surface area contributed by atoms with E-state index < -0.39 is 10.0 Å². The van der Waals surface area contributed by atoms with Crippen LogP contribution in [0.4, 0.5) is 5.69 Å². The average Bonchev–Trinajstić information content (AvgIpc) is 3.08. The molecule has 0 aliphatic carbocycles. The van der Waals surface area contributed by atoms with Gasteiger partial charge in [0.15, 0.2) is 5.82 Å². The number of ether oxygens (including phenoxy) is 2. The lowest BCUT2D eigenvalue weighted by molar-refractivity contribution is 0.411. The number of hydrogen-bond donors (Lipinski definition) is 1. The van der Waals surface area contributed by atoms with Crippen LogP contribution in [-0.2, 0) is 10.0 Å². The number of rotatable bonds is 7. The Labute approximate surface area is 211 Å². The molecule has 0 amide bonds. The Hall–Kier alpha value is -3.92. The van der Waals surface area contributed by atoms with Gasteiger partial charge < -0.3 is 9.47 Å². The van der Waals surface area contributed by atoms with Crippen LogP contribution < -0.4 is 14.2 Å². The van der Waals surface area contributed by atoms with Gasteiger partial charge in [-0.1, -0.05) is 0 Å². The zero-order chi connectivity index (χ0) is 26.2. The van der Waals surface area contributed by atoms with Crippen LogP contribution in [0.5, 0.6) is 17.4 Å². The molecule has 1 N–H and O–H groups in total. The van der Waals surface area contributed by atoms with Crippen LogP contribution >= 0.6 is 0 Å². The van der Waals surface area contributed by atoms with E-state index in [4.69, 9.17) is 9.47 Å². The van der Waals surface area contributed by atoms with E-state index in [1.54, 1.807) is 75.0 Å². The molecule has 0 aliphatic rings. The van der Waals surface area contributed by atoms with E-state index in [1.165, 1.54) is 0 Å². The maximum Gasteiger partial charge on any atom is 0.262 e.